The molecule has 1 unspecified atom stereocenters. The highest BCUT2D eigenvalue weighted by atomic mass is 31.1. The third-order valence-corrected chi connectivity index (χ3v) is 6.29. The fourth-order valence-electron chi connectivity index (χ4n) is 2.90. The Morgan fingerprint density at radius 3 is 2.31 bits per heavy atom. The zero-order chi connectivity index (χ0) is 23.5. The second kappa shape index (κ2) is 12.9. The van der Waals surface area contributed by atoms with Crippen LogP contribution in [0.25, 0.3) is 0 Å². The largest absolute Gasteiger partial charge is 0.465 e. The van der Waals surface area contributed by atoms with Crippen LogP contribution in [0.4, 0.5) is 4.79 Å². The first-order valence-electron chi connectivity index (χ1n) is 10.5. The molecule has 1 N–H and O–H groups in total. The molecule has 8 nitrogen and oxygen atoms in total. The van der Waals surface area contributed by atoms with Crippen LogP contribution in [0.15, 0.2) is 48.5 Å². The van der Waals surface area contributed by atoms with Crippen molar-refractivity contribution in [1.82, 2.24) is 10.2 Å². The summed E-state index contributed by atoms with van der Waals surface area (Å²) < 4.78 is 23.3. The van der Waals surface area contributed by atoms with Crippen LogP contribution in [0.3, 0.4) is 0 Å². The molecule has 0 radical (unpaired) electrons. The molecule has 0 saturated carbocycles. The number of carbonyl (C=O) groups is 2. The number of aryl methyl sites for hydroxylation is 2. The standard InChI is InChI=1S/C23H31N2O6P/c1-5-29-22(26)19(4)25(31-21-17(2)10-9-11-18(21)3)32(28)15-14-24-23(27)30-16-20-12-7-6-8-13-20/h6-13,19,32H,5,14-16H2,1-4H3,(H,24,27)/t19-/m0/s1. The van der Waals surface area contributed by atoms with Crippen molar-refractivity contribution in [3.05, 3.63) is 65.2 Å². The minimum Gasteiger partial charge on any atom is -0.465 e. The lowest BCUT2D eigenvalue weighted by Crippen LogP contribution is -2.39. The van der Waals surface area contributed by atoms with Crippen molar-refractivity contribution in [3.8, 4) is 5.75 Å². The first kappa shape index (κ1) is 25.4. The summed E-state index contributed by atoms with van der Waals surface area (Å²) in [6.45, 7) is 7.48. The molecule has 0 aliphatic heterocycles. The van der Waals surface area contributed by atoms with Crippen LogP contribution in [0.5, 0.6) is 5.75 Å². The molecule has 0 bridgehead atoms. The van der Waals surface area contributed by atoms with Gasteiger partial charge in [-0.1, -0.05) is 53.4 Å². The Morgan fingerprint density at radius 2 is 1.69 bits per heavy atom. The van der Waals surface area contributed by atoms with E-state index in [9.17, 15) is 14.2 Å². The van der Waals surface area contributed by atoms with Gasteiger partial charge < -0.3 is 24.2 Å². The Labute approximate surface area is 189 Å². The van der Waals surface area contributed by atoms with Crippen molar-refractivity contribution < 1.29 is 28.5 Å². The predicted octanol–water partition coefficient (Wildman–Crippen LogP) is 4.25. The van der Waals surface area contributed by atoms with E-state index >= 15 is 0 Å². The second-order valence-electron chi connectivity index (χ2n) is 7.20. The maximum Gasteiger partial charge on any atom is 0.407 e. The Kier molecular flexibility index (Phi) is 10.2. The van der Waals surface area contributed by atoms with Crippen molar-refractivity contribution in [1.29, 1.82) is 0 Å². The Hall–Kier alpha value is -2.83. The van der Waals surface area contributed by atoms with Gasteiger partial charge in [0, 0.05) is 12.7 Å². The topological polar surface area (TPSA) is 94.2 Å². The zero-order valence-corrected chi connectivity index (χ0v) is 19.9. The molecular formula is C23H31N2O6P. The van der Waals surface area contributed by atoms with E-state index in [0.29, 0.717) is 5.75 Å². The molecule has 0 fully saturated rings. The van der Waals surface area contributed by atoms with Crippen LogP contribution in [0.2, 0.25) is 0 Å². The highest BCUT2D eigenvalue weighted by molar-refractivity contribution is 7.41. The SMILES string of the molecule is CCOC(=O)[C@H](C)N(Oc1c(C)cccc1C)[PH](=O)CCNC(=O)OCc1ccccc1. The first-order chi connectivity index (χ1) is 15.3. The summed E-state index contributed by atoms with van der Waals surface area (Å²) in [5, 5.41) is 2.58. The maximum absolute atomic E-state index is 13.1. The number of amides is 1. The number of hydroxylamine groups is 1. The number of nitrogens with zero attached hydrogens (tertiary/aromatic N) is 1. The normalized spacial score (nSPS) is 12.7. The van der Waals surface area contributed by atoms with E-state index in [1.165, 1.54) is 4.83 Å². The van der Waals surface area contributed by atoms with E-state index in [0.717, 1.165) is 16.7 Å². The molecule has 0 aliphatic carbocycles. The third-order valence-electron chi connectivity index (χ3n) is 4.64. The smallest absolute Gasteiger partial charge is 0.407 e. The second-order valence-corrected chi connectivity index (χ2v) is 8.93. The summed E-state index contributed by atoms with van der Waals surface area (Å²) in [6.07, 6.45) is -0.510. The van der Waals surface area contributed by atoms with Crippen LogP contribution in [-0.4, -0.2) is 42.3 Å². The van der Waals surface area contributed by atoms with Crippen molar-refractivity contribution in [2.24, 2.45) is 0 Å². The lowest BCUT2D eigenvalue weighted by Gasteiger charge is -2.27. The highest BCUT2D eigenvalue weighted by Crippen LogP contribution is 2.34. The molecule has 0 aliphatic rings. The van der Waals surface area contributed by atoms with Gasteiger partial charge in [-0.05, 0) is 44.4 Å². The number of alkyl carbamates (subject to hydrolysis) is 1. The molecule has 32 heavy (non-hydrogen) atoms. The number of ether oxygens (including phenoxy) is 2. The fourth-order valence-corrected chi connectivity index (χ4v) is 4.19. The fraction of sp³-hybridized carbons (Fsp3) is 0.391. The summed E-state index contributed by atoms with van der Waals surface area (Å²) in [7, 11) is -2.59. The molecule has 174 valence electrons. The van der Waals surface area contributed by atoms with Crippen LogP contribution in [-0.2, 0) is 25.4 Å². The third kappa shape index (κ3) is 7.70. The summed E-state index contributed by atoms with van der Waals surface area (Å²) in [6, 6.07) is 14.1. The van der Waals surface area contributed by atoms with Gasteiger partial charge in [-0.3, -0.25) is 4.79 Å². The van der Waals surface area contributed by atoms with Crippen LogP contribution < -0.4 is 10.2 Å². The molecule has 2 aromatic rings. The van der Waals surface area contributed by atoms with Crippen molar-refractivity contribution in [3.63, 3.8) is 0 Å². The molecule has 2 rings (SSSR count). The minimum absolute atomic E-state index is 0.0970. The molecule has 0 spiro atoms. The van der Waals surface area contributed by atoms with Gasteiger partial charge in [0.05, 0.1) is 6.61 Å². The monoisotopic (exact) mass is 462 g/mol. The summed E-state index contributed by atoms with van der Waals surface area (Å²) in [5.41, 5.74) is 2.57. The predicted molar refractivity (Wildman–Crippen MR) is 123 cm³/mol. The highest BCUT2D eigenvalue weighted by Gasteiger charge is 2.30. The molecule has 1 amide bonds. The average molecular weight is 462 g/mol. The van der Waals surface area contributed by atoms with E-state index in [-0.39, 0.29) is 25.9 Å². The molecule has 2 atom stereocenters. The van der Waals surface area contributed by atoms with Crippen molar-refractivity contribution in [2.45, 2.75) is 40.3 Å². The molecule has 0 saturated heterocycles. The molecule has 2 aromatic carbocycles. The lowest BCUT2D eigenvalue weighted by molar-refractivity contribution is -0.153. The van der Waals surface area contributed by atoms with Crippen LogP contribution >= 0.6 is 7.95 Å². The van der Waals surface area contributed by atoms with E-state index in [1.54, 1.807) is 13.8 Å². The maximum atomic E-state index is 13.1. The number of carbonyl (C=O) groups excluding carboxylic acids is 2. The summed E-state index contributed by atoms with van der Waals surface area (Å²) in [5.74, 6) is 0.00421. The molecule has 0 aromatic heterocycles. The first-order valence-corrected chi connectivity index (χ1v) is 12.1. The van der Waals surface area contributed by atoms with Gasteiger partial charge in [0.2, 0.25) is 0 Å². The minimum atomic E-state index is -2.59. The zero-order valence-electron chi connectivity index (χ0n) is 18.9. The van der Waals surface area contributed by atoms with E-state index < -0.39 is 26.1 Å². The van der Waals surface area contributed by atoms with Crippen LogP contribution in [0.1, 0.15) is 30.5 Å². The Balaban J connectivity index is 1.97. The van der Waals surface area contributed by atoms with Gasteiger partial charge in [-0.25, -0.2) is 4.79 Å². The average Bonchev–Trinajstić information content (AvgIpc) is 2.78. The van der Waals surface area contributed by atoms with E-state index in [4.69, 9.17) is 14.3 Å². The number of benzene rings is 2. The quantitative estimate of drug-likeness (QED) is 0.303. The van der Waals surface area contributed by atoms with Gasteiger partial charge >= 0.3 is 12.1 Å². The van der Waals surface area contributed by atoms with Gasteiger partial charge in [0.15, 0.2) is 13.7 Å². The van der Waals surface area contributed by atoms with Crippen molar-refractivity contribution in [2.75, 3.05) is 19.3 Å². The number of nitrogens with one attached hydrogen (secondary N) is 1. The number of esters is 1. The van der Waals surface area contributed by atoms with Gasteiger partial charge in [0.1, 0.15) is 12.6 Å². The number of hydrogen-bond acceptors (Lipinski definition) is 6. The van der Waals surface area contributed by atoms with E-state index in [2.05, 4.69) is 5.32 Å². The number of rotatable bonds is 11. The Bertz CT molecular complexity index is 902. The lowest BCUT2D eigenvalue weighted by atomic mass is 10.1. The number of hydrogen-bond donors (Lipinski definition) is 1. The van der Waals surface area contributed by atoms with E-state index in [1.807, 2.05) is 62.4 Å². The van der Waals surface area contributed by atoms with Gasteiger partial charge in [-0.2, -0.15) is 0 Å². The molecular weight excluding hydrogens is 431 g/mol. The summed E-state index contributed by atoms with van der Waals surface area (Å²) in [4.78, 5) is 31.4. The van der Waals surface area contributed by atoms with Crippen LogP contribution in [0, 0.1) is 13.8 Å². The number of para-hydroxylation sites is 1. The van der Waals surface area contributed by atoms with Gasteiger partial charge in [-0.15, -0.1) is 0 Å². The summed E-state index contributed by atoms with van der Waals surface area (Å²) >= 11 is 0. The van der Waals surface area contributed by atoms with Gasteiger partial charge in [0.25, 0.3) is 0 Å². The Morgan fingerprint density at radius 1 is 1.03 bits per heavy atom. The molecule has 0 heterocycles. The van der Waals surface area contributed by atoms with Crippen molar-refractivity contribution >= 4 is 20.0 Å². The molecule has 9 heteroatoms.